The van der Waals surface area contributed by atoms with Gasteiger partial charge in [0.05, 0.1) is 17.6 Å². The first-order valence-corrected chi connectivity index (χ1v) is 10.6. The molecule has 1 heterocycles. The smallest absolute Gasteiger partial charge is 0.239 e. The summed E-state index contributed by atoms with van der Waals surface area (Å²) < 4.78 is 5.45. The topological polar surface area (TPSA) is 51.2 Å². The Morgan fingerprint density at radius 2 is 1.93 bits per heavy atom. The highest BCUT2D eigenvalue weighted by Gasteiger charge is 2.16. The third-order valence-corrected chi connectivity index (χ3v) is 5.81. The van der Waals surface area contributed by atoms with Crippen molar-refractivity contribution in [2.45, 2.75) is 24.0 Å². The fourth-order valence-corrected chi connectivity index (χ4v) is 4.05. The van der Waals surface area contributed by atoms with E-state index in [9.17, 15) is 4.79 Å². The van der Waals surface area contributed by atoms with E-state index in [0.717, 1.165) is 21.9 Å². The van der Waals surface area contributed by atoms with Gasteiger partial charge in [-0.1, -0.05) is 11.6 Å². The Morgan fingerprint density at radius 3 is 2.59 bits per heavy atom. The molecule has 0 saturated carbocycles. The van der Waals surface area contributed by atoms with Crippen molar-refractivity contribution in [2.24, 2.45) is 0 Å². The van der Waals surface area contributed by atoms with E-state index in [4.69, 9.17) is 16.3 Å². The molecule has 0 saturated heterocycles. The van der Waals surface area contributed by atoms with Gasteiger partial charge in [0, 0.05) is 20.9 Å². The van der Waals surface area contributed by atoms with Gasteiger partial charge >= 0.3 is 0 Å². The number of hydrogen-bond donors (Lipinski definition) is 1. The Bertz CT molecular complexity index is 895. The van der Waals surface area contributed by atoms with Crippen LogP contribution in [0.3, 0.4) is 0 Å². The summed E-state index contributed by atoms with van der Waals surface area (Å²) in [4.78, 5) is 18.0. The molecule has 0 aliphatic rings. The van der Waals surface area contributed by atoms with Crippen molar-refractivity contribution in [1.82, 2.24) is 4.98 Å². The zero-order valence-electron chi connectivity index (χ0n) is 14.9. The van der Waals surface area contributed by atoms with Crippen LogP contribution in [-0.2, 0) is 4.79 Å². The SMILES string of the molecule is CCOc1ccc(-c2csc(NC(=O)C(C)Sc3ccc(Cl)cc3)n2)cc1. The molecule has 3 aromatic rings. The maximum absolute atomic E-state index is 12.4. The summed E-state index contributed by atoms with van der Waals surface area (Å²) >= 11 is 8.79. The number of nitrogens with zero attached hydrogens (tertiary/aromatic N) is 1. The number of carbonyl (C=O) groups is 1. The Morgan fingerprint density at radius 1 is 1.22 bits per heavy atom. The van der Waals surface area contributed by atoms with Crippen LogP contribution in [0.15, 0.2) is 58.8 Å². The predicted molar refractivity (Wildman–Crippen MR) is 114 cm³/mol. The minimum Gasteiger partial charge on any atom is -0.494 e. The maximum atomic E-state index is 12.4. The second-order valence-corrected chi connectivity index (χ2v) is 8.41. The summed E-state index contributed by atoms with van der Waals surface area (Å²) in [6.45, 7) is 4.46. The molecule has 1 aromatic heterocycles. The minimum atomic E-state index is -0.246. The summed E-state index contributed by atoms with van der Waals surface area (Å²) in [6.07, 6.45) is 0. The van der Waals surface area contributed by atoms with Gasteiger partial charge in [0.15, 0.2) is 5.13 Å². The number of thioether (sulfide) groups is 1. The summed E-state index contributed by atoms with van der Waals surface area (Å²) in [5, 5.41) is 5.85. The van der Waals surface area contributed by atoms with Crippen molar-refractivity contribution >= 4 is 45.7 Å². The average Bonchev–Trinajstić information content (AvgIpc) is 3.13. The van der Waals surface area contributed by atoms with Gasteiger partial charge in [-0.05, 0) is 62.4 Å². The summed E-state index contributed by atoms with van der Waals surface area (Å²) in [7, 11) is 0. The van der Waals surface area contributed by atoms with E-state index in [-0.39, 0.29) is 11.2 Å². The Hall–Kier alpha value is -2.02. The molecule has 1 amide bonds. The van der Waals surface area contributed by atoms with Crippen molar-refractivity contribution in [3.05, 3.63) is 58.9 Å². The van der Waals surface area contributed by atoms with Crippen LogP contribution in [0.4, 0.5) is 5.13 Å². The van der Waals surface area contributed by atoms with Crippen molar-refractivity contribution in [3.8, 4) is 17.0 Å². The standard InChI is InChI=1S/C20H19ClN2O2S2/c1-3-25-16-8-4-14(5-9-16)18-12-26-20(22-18)23-19(24)13(2)27-17-10-6-15(21)7-11-17/h4-13H,3H2,1-2H3,(H,22,23,24). The van der Waals surface area contributed by atoms with Crippen LogP contribution < -0.4 is 10.1 Å². The molecule has 0 fully saturated rings. The van der Waals surface area contributed by atoms with Crippen LogP contribution in [0.5, 0.6) is 5.75 Å². The molecule has 7 heteroatoms. The first kappa shape index (κ1) is 19.7. The average molecular weight is 419 g/mol. The molecule has 140 valence electrons. The van der Waals surface area contributed by atoms with Crippen LogP contribution in [-0.4, -0.2) is 22.7 Å². The van der Waals surface area contributed by atoms with Crippen LogP contribution in [0, 0.1) is 0 Å². The predicted octanol–water partition coefficient (Wildman–Crippen LogP) is 5.98. The van der Waals surface area contributed by atoms with Gasteiger partial charge in [0.25, 0.3) is 0 Å². The summed E-state index contributed by atoms with van der Waals surface area (Å²) in [6, 6.07) is 15.2. The molecule has 2 aromatic carbocycles. The van der Waals surface area contributed by atoms with Gasteiger partial charge in [-0.3, -0.25) is 4.79 Å². The zero-order chi connectivity index (χ0) is 19.2. The lowest BCUT2D eigenvalue weighted by atomic mass is 10.2. The second-order valence-electron chi connectivity index (χ2n) is 5.70. The molecule has 27 heavy (non-hydrogen) atoms. The highest BCUT2D eigenvalue weighted by molar-refractivity contribution is 8.00. The van der Waals surface area contributed by atoms with E-state index >= 15 is 0 Å². The van der Waals surface area contributed by atoms with Crippen molar-refractivity contribution in [2.75, 3.05) is 11.9 Å². The number of rotatable bonds is 7. The molecule has 0 bridgehead atoms. The minimum absolute atomic E-state index is 0.0810. The lowest BCUT2D eigenvalue weighted by Gasteiger charge is -2.10. The third kappa shape index (κ3) is 5.48. The Labute approximate surface area is 171 Å². The Kier molecular flexibility index (Phi) is 6.77. The number of halogens is 1. The summed E-state index contributed by atoms with van der Waals surface area (Å²) in [5.41, 5.74) is 1.81. The number of amides is 1. The van der Waals surface area contributed by atoms with Gasteiger partial charge < -0.3 is 10.1 Å². The number of carbonyl (C=O) groups excluding carboxylic acids is 1. The van der Waals surface area contributed by atoms with E-state index < -0.39 is 0 Å². The lowest BCUT2D eigenvalue weighted by molar-refractivity contribution is -0.115. The molecule has 0 aliphatic heterocycles. The molecular formula is C20H19ClN2O2S2. The molecule has 3 rings (SSSR count). The fraction of sp³-hybridized carbons (Fsp3) is 0.200. The van der Waals surface area contributed by atoms with E-state index in [2.05, 4.69) is 10.3 Å². The first-order chi connectivity index (χ1) is 13.0. The molecule has 4 nitrogen and oxygen atoms in total. The van der Waals surface area contributed by atoms with Gasteiger partial charge in [-0.2, -0.15) is 0 Å². The number of thiazole rings is 1. The van der Waals surface area contributed by atoms with Gasteiger partial charge in [-0.15, -0.1) is 23.1 Å². The Balaban J connectivity index is 1.60. The number of benzene rings is 2. The molecule has 0 radical (unpaired) electrons. The van der Waals surface area contributed by atoms with Crippen LogP contribution in [0.2, 0.25) is 5.02 Å². The molecule has 0 spiro atoms. The third-order valence-electron chi connectivity index (χ3n) is 3.69. The van der Waals surface area contributed by atoms with Gasteiger partial charge in [-0.25, -0.2) is 4.98 Å². The van der Waals surface area contributed by atoms with Crippen LogP contribution in [0.1, 0.15) is 13.8 Å². The largest absolute Gasteiger partial charge is 0.494 e. The molecule has 1 N–H and O–H groups in total. The molecule has 1 unspecified atom stereocenters. The van der Waals surface area contributed by atoms with Crippen LogP contribution in [0.25, 0.3) is 11.3 Å². The molecule has 1 atom stereocenters. The fourth-order valence-electron chi connectivity index (χ4n) is 2.33. The van der Waals surface area contributed by atoms with E-state index in [1.165, 1.54) is 23.1 Å². The number of aromatic nitrogens is 1. The number of nitrogens with one attached hydrogen (secondary N) is 1. The highest BCUT2D eigenvalue weighted by Crippen LogP contribution is 2.28. The van der Waals surface area contributed by atoms with E-state index in [1.54, 1.807) is 0 Å². The van der Waals surface area contributed by atoms with Crippen molar-refractivity contribution in [1.29, 1.82) is 0 Å². The molecule has 0 aliphatic carbocycles. The lowest BCUT2D eigenvalue weighted by Crippen LogP contribution is -2.22. The van der Waals surface area contributed by atoms with Gasteiger partial charge in [0.2, 0.25) is 5.91 Å². The second kappa shape index (κ2) is 9.26. The highest BCUT2D eigenvalue weighted by atomic mass is 35.5. The number of hydrogen-bond acceptors (Lipinski definition) is 5. The molecular weight excluding hydrogens is 400 g/mol. The summed E-state index contributed by atoms with van der Waals surface area (Å²) in [5.74, 6) is 0.751. The van der Waals surface area contributed by atoms with Gasteiger partial charge in [0.1, 0.15) is 5.75 Å². The zero-order valence-corrected chi connectivity index (χ0v) is 17.3. The van der Waals surface area contributed by atoms with Crippen molar-refractivity contribution < 1.29 is 9.53 Å². The van der Waals surface area contributed by atoms with Crippen LogP contribution >= 0.6 is 34.7 Å². The normalized spacial score (nSPS) is 11.8. The quantitative estimate of drug-likeness (QED) is 0.479. The number of anilines is 1. The van der Waals surface area contributed by atoms with E-state index in [0.29, 0.717) is 16.8 Å². The monoisotopic (exact) mass is 418 g/mol. The first-order valence-electron chi connectivity index (χ1n) is 8.47. The van der Waals surface area contributed by atoms with E-state index in [1.807, 2.05) is 67.8 Å². The number of ether oxygens (including phenoxy) is 1. The maximum Gasteiger partial charge on any atom is 0.239 e. The van der Waals surface area contributed by atoms with Crippen molar-refractivity contribution in [3.63, 3.8) is 0 Å².